The standard InChI is InChI=1S/C11H9F3N2O2/c1-7-4-9-8(10(5-7)16(17)18)2-3-15(9)6-11(12,13)14/h2-5H,6H2,1H3. The third-order valence-corrected chi connectivity index (χ3v) is 2.56. The van der Waals surface area contributed by atoms with Gasteiger partial charge in [0, 0.05) is 12.3 Å². The zero-order valence-corrected chi connectivity index (χ0v) is 9.36. The molecule has 0 atom stereocenters. The molecule has 7 heteroatoms. The number of alkyl halides is 3. The lowest BCUT2D eigenvalue weighted by Crippen LogP contribution is -2.16. The SMILES string of the molecule is Cc1cc([N+](=O)[O-])c2ccn(CC(F)(F)F)c2c1. The van der Waals surface area contributed by atoms with Crippen LogP contribution in [0.15, 0.2) is 24.4 Å². The Labute approximate surface area is 99.8 Å². The first-order valence-electron chi connectivity index (χ1n) is 5.08. The summed E-state index contributed by atoms with van der Waals surface area (Å²) in [5.41, 5.74) is 0.598. The van der Waals surface area contributed by atoms with E-state index < -0.39 is 17.6 Å². The maximum absolute atomic E-state index is 12.4. The number of hydrogen-bond acceptors (Lipinski definition) is 2. The van der Waals surface area contributed by atoms with Crippen molar-refractivity contribution < 1.29 is 18.1 Å². The van der Waals surface area contributed by atoms with Crippen LogP contribution in [0, 0.1) is 17.0 Å². The van der Waals surface area contributed by atoms with Crippen LogP contribution in [0.2, 0.25) is 0 Å². The van der Waals surface area contributed by atoms with Gasteiger partial charge in [0.1, 0.15) is 6.54 Å². The Bertz CT molecular complexity index is 617. The van der Waals surface area contributed by atoms with E-state index in [0.29, 0.717) is 5.56 Å². The van der Waals surface area contributed by atoms with E-state index in [1.165, 1.54) is 24.4 Å². The van der Waals surface area contributed by atoms with Gasteiger partial charge in [-0.3, -0.25) is 10.1 Å². The zero-order chi connectivity index (χ0) is 13.5. The van der Waals surface area contributed by atoms with E-state index in [4.69, 9.17) is 0 Å². The van der Waals surface area contributed by atoms with Crippen LogP contribution < -0.4 is 0 Å². The van der Waals surface area contributed by atoms with Gasteiger partial charge < -0.3 is 4.57 Å². The summed E-state index contributed by atoms with van der Waals surface area (Å²) in [4.78, 5) is 10.2. The fraction of sp³-hybridized carbons (Fsp3) is 0.273. The minimum absolute atomic E-state index is 0.175. The molecule has 0 aliphatic rings. The Morgan fingerprint density at radius 3 is 2.61 bits per heavy atom. The molecular formula is C11H9F3N2O2. The maximum atomic E-state index is 12.4. The van der Waals surface area contributed by atoms with Gasteiger partial charge in [-0.15, -0.1) is 0 Å². The number of aryl methyl sites for hydroxylation is 1. The van der Waals surface area contributed by atoms with Crippen molar-refractivity contribution in [2.75, 3.05) is 0 Å². The number of non-ortho nitro benzene ring substituents is 1. The second kappa shape index (κ2) is 4.01. The van der Waals surface area contributed by atoms with E-state index in [1.54, 1.807) is 6.92 Å². The highest BCUT2D eigenvalue weighted by atomic mass is 19.4. The molecule has 4 nitrogen and oxygen atoms in total. The molecule has 0 saturated heterocycles. The van der Waals surface area contributed by atoms with Crippen molar-refractivity contribution in [1.29, 1.82) is 0 Å². The van der Waals surface area contributed by atoms with Crippen LogP contribution in [-0.2, 0) is 6.54 Å². The van der Waals surface area contributed by atoms with Crippen molar-refractivity contribution in [3.05, 3.63) is 40.1 Å². The third kappa shape index (κ3) is 2.29. The molecule has 2 aromatic rings. The molecule has 1 aromatic heterocycles. The van der Waals surface area contributed by atoms with E-state index in [9.17, 15) is 23.3 Å². The molecule has 2 rings (SSSR count). The Hall–Kier alpha value is -2.05. The molecule has 0 spiro atoms. The van der Waals surface area contributed by atoms with Crippen molar-refractivity contribution in [1.82, 2.24) is 4.57 Å². The molecule has 0 bridgehead atoms. The highest BCUT2D eigenvalue weighted by Gasteiger charge is 2.29. The van der Waals surface area contributed by atoms with Gasteiger partial charge >= 0.3 is 6.18 Å². The van der Waals surface area contributed by atoms with Crippen LogP contribution in [0.5, 0.6) is 0 Å². The average molecular weight is 258 g/mol. The molecular weight excluding hydrogens is 249 g/mol. The molecule has 0 amide bonds. The highest BCUT2D eigenvalue weighted by Crippen LogP contribution is 2.30. The van der Waals surface area contributed by atoms with Crippen LogP contribution in [-0.4, -0.2) is 15.7 Å². The lowest BCUT2D eigenvalue weighted by Gasteiger charge is -2.09. The minimum Gasteiger partial charge on any atom is -0.338 e. The molecule has 0 unspecified atom stereocenters. The molecule has 0 radical (unpaired) electrons. The van der Waals surface area contributed by atoms with Crippen molar-refractivity contribution in [3.8, 4) is 0 Å². The first kappa shape index (κ1) is 12.4. The van der Waals surface area contributed by atoms with Gasteiger partial charge in [-0.05, 0) is 24.6 Å². The number of benzene rings is 1. The summed E-state index contributed by atoms with van der Waals surface area (Å²) in [6.07, 6.45) is -3.14. The third-order valence-electron chi connectivity index (χ3n) is 2.56. The molecule has 0 aliphatic heterocycles. The van der Waals surface area contributed by atoms with Gasteiger partial charge in [0.2, 0.25) is 0 Å². The maximum Gasteiger partial charge on any atom is 0.406 e. The van der Waals surface area contributed by atoms with E-state index >= 15 is 0 Å². The van der Waals surface area contributed by atoms with Crippen molar-refractivity contribution in [2.45, 2.75) is 19.6 Å². The molecule has 1 aromatic carbocycles. The van der Waals surface area contributed by atoms with Crippen molar-refractivity contribution in [2.24, 2.45) is 0 Å². The van der Waals surface area contributed by atoms with Crippen molar-refractivity contribution in [3.63, 3.8) is 0 Å². The second-order valence-corrected chi connectivity index (χ2v) is 4.03. The lowest BCUT2D eigenvalue weighted by molar-refractivity contribution is -0.383. The number of rotatable bonds is 2. The molecule has 18 heavy (non-hydrogen) atoms. The van der Waals surface area contributed by atoms with Crippen LogP contribution in [0.25, 0.3) is 10.9 Å². The number of fused-ring (bicyclic) bond motifs is 1. The van der Waals surface area contributed by atoms with Gasteiger partial charge in [-0.2, -0.15) is 13.2 Å². The van der Waals surface area contributed by atoms with Crippen LogP contribution in [0.4, 0.5) is 18.9 Å². The van der Waals surface area contributed by atoms with Crippen LogP contribution in [0.3, 0.4) is 0 Å². The topological polar surface area (TPSA) is 48.1 Å². The Morgan fingerprint density at radius 1 is 1.39 bits per heavy atom. The minimum atomic E-state index is -4.36. The number of halogens is 3. The molecule has 96 valence electrons. The van der Waals surface area contributed by atoms with Crippen LogP contribution >= 0.6 is 0 Å². The molecule has 0 aliphatic carbocycles. The highest BCUT2D eigenvalue weighted by molar-refractivity contribution is 5.89. The molecule has 1 heterocycles. The van der Waals surface area contributed by atoms with Gasteiger partial charge in [0.15, 0.2) is 0 Å². The summed E-state index contributed by atoms with van der Waals surface area (Å²) in [7, 11) is 0. The normalized spacial score (nSPS) is 12.0. The lowest BCUT2D eigenvalue weighted by atomic mass is 10.1. The number of aromatic nitrogens is 1. The molecule has 0 saturated carbocycles. The Kier molecular flexibility index (Phi) is 2.76. The smallest absolute Gasteiger partial charge is 0.338 e. The summed E-state index contributed by atoms with van der Waals surface area (Å²) < 4.78 is 38.0. The molecule has 0 fully saturated rings. The van der Waals surface area contributed by atoms with E-state index in [-0.39, 0.29) is 16.6 Å². The number of hydrogen-bond donors (Lipinski definition) is 0. The fourth-order valence-electron chi connectivity index (χ4n) is 1.89. The largest absolute Gasteiger partial charge is 0.406 e. The van der Waals surface area contributed by atoms with E-state index in [2.05, 4.69) is 0 Å². The summed E-state index contributed by atoms with van der Waals surface area (Å²) in [6.45, 7) is 0.453. The average Bonchev–Trinajstić information content (AvgIpc) is 2.58. The van der Waals surface area contributed by atoms with Gasteiger partial charge in [0.25, 0.3) is 5.69 Å². The first-order valence-corrected chi connectivity index (χ1v) is 5.08. The quantitative estimate of drug-likeness (QED) is 0.612. The fourth-order valence-corrected chi connectivity index (χ4v) is 1.89. The zero-order valence-electron chi connectivity index (χ0n) is 9.36. The summed E-state index contributed by atoms with van der Waals surface area (Å²) >= 11 is 0. The monoisotopic (exact) mass is 258 g/mol. The number of nitro benzene ring substituents is 1. The Balaban J connectivity index is 2.63. The second-order valence-electron chi connectivity index (χ2n) is 4.03. The summed E-state index contributed by atoms with van der Waals surface area (Å²) in [6, 6.07) is 4.19. The van der Waals surface area contributed by atoms with Crippen molar-refractivity contribution >= 4 is 16.6 Å². The van der Waals surface area contributed by atoms with E-state index in [0.717, 1.165) is 4.57 Å². The van der Waals surface area contributed by atoms with Crippen LogP contribution in [0.1, 0.15) is 5.56 Å². The predicted octanol–water partition coefficient (Wildman–Crippen LogP) is 3.42. The summed E-state index contributed by atoms with van der Waals surface area (Å²) in [5.74, 6) is 0. The number of nitro groups is 1. The van der Waals surface area contributed by atoms with E-state index in [1.807, 2.05) is 0 Å². The summed E-state index contributed by atoms with van der Waals surface area (Å²) in [5, 5.41) is 11.1. The predicted molar refractivity (Wildman–Crippen MR) is 59.4 cm³/mol. The van der Waals surface area contributed by atoms with Gasteiger partial charge in [-0.25, -0.2) is 0 Å². The number of nitrogens with zero attached hydrogens (tertiary/aromatic N) is 2. The Morgan fingerprint density at radius 2 is 2.06 bits per heavy atom. The first-order chi connectivity index (χ1) is 8.28. The van der Waals surface area contributed by atoms with Gasteiger partial charge in [0.05, 0.1) is 15.8 Å². The van der Waals surface area contributed by atoms with Gasteiger partial charge in [-0.1, -0.05) is 0 Å². The molecule has 0 N–H and O–H groups in total.